The number of rotatable bonds is 6. The Morgan fingerprint density at radius 2 is 2.24 bits per heavy atom. The van der Waals surface area contributed by atoms with Crippen LogP contribution in [-0.4, -0.2) is 19.8 Å². The maximum absolute atomic E-state index is 6.00. The summed E-state index contributed by atoms with van der Waals surface area (Å²) in [5.41, 5.74) is 2.25. The molecule has 1 saturated heterocycles. The summed E-state index contributed by atoms with van der Waals surface area (Å²) in [5.74, 6) is 1.05. The molecule has 1 N–H and O–H groups in total. The van der Waals surface area contributed by atoms with Crippen molar-refractivity contribution in [3.05, 3.63) is 35.6 Å². The van der Waals surface area contributed by atoms with Gasteiger partial charge < -0.3 is 14.5 Å². The minimum absolute atomic E-state index is 0.291. The molecule has 3 nitrogen and oxygen atoms in total. The van der Waals surface area contributed by atoms with E-state index in [2.05, 4.69) is 36.5 Å². The van der Waals surface area contributed by atoms with Crippen LogP contribution in [0.2, 0.25) is 0 Å². The first-order valence-electron chi connectivity index (χ1n) is 8.05. The molecule has 2 unspecified atom stereocenters. The quantitative estimate of drug-likeness (QED) is 0.857. The van der Waals surface area contributed by atoms with Crippen LogP contribution in [0.15, 0.2) is 28.7 Å². The molecular weight excluding hydrogens is 262 g/mol. The van der Waals surface area contributed by atoms with Gasteiger partial charge in [-0.1, -0.05) is 11.6 Å². The third-order valence-corrected chi connectivity index (χ3v) is 4.43. The summed E-state index contributed by atoms with van der Waals surface area (Å²) in [4.78, 5) is 0. The van der Waals surface area contributed by atoms with Gasteiger partial charge in [-0.2, -0.15) is 0 Å². The van der Waals surface area contributed by atoms with Crippen LogP contribution in [0.4, 0.5) is 0 Å². The lowest BCUT2D eigenvalue weighted by molar-refractivity contribution is 0.101. The zero-order valence-electron chi connectivity index (χ0n) is 13.0. The fourth-order valence-electron chi connectivity index (χ4n) is 3.21. The molecule has 0 spiro atoms. The molecule has 114 valence electrons. The van der Waals surface area contributed by atoms with Gasteiger partial charge in [0.15, 0.2) is 0 Å². The van der Waals surface area contributed by atoms with E-state index >= 15 is 0 Å². The summed E-state index contributed by atoms with van der Waals surface area (Å²) in [5, 5.41) is 4.58. The van der Waals surface area contributed by atoms with E-state index in [1.807, 2.05) is 7.05 Å². The molecular formula is C18H25NO2. The number of hydrogen-bond acceptors (Lipinski definition) is 3. The van der Waals surface area contributed by atoms with Gasteiger partial charge in [0.1, 0.15) is 11.3 Å². The molecule has 1 fully saturated rings. The Morgan fingerprint density at radius 1 is 1.33 bits per heavy atom. The maximum Gasteiger partial charge on any atom is 0.134 e. The minimum atomic E-state index is 0.291. The lowest BCUT2D eigenvalue weighted by atomic mass is 10.0. The van der Waals surface area contributed by atoms with E-state index in [-0.39, 0.29) is 0 Å². The number of nitrogens with one attached hydrogen (secondary N) is 1. The monoisotopic (exact) mass is 287 g/mol. The molecule has 0 bridgehead atoms. The summed E-state index contributed by atoms with van der Waals surface area (Å²) >= 11 is 0. The second-order valence-electron chi connectivity index (χ2n) is 6.10. The third-order valence-electron chi connectivity index (χ3n) is 4.43. The van der Waals surface area contributed by atoms with Crippen LogP contribution in [0.1, 0.15) is 49.5 Å². The van der Waals surface area contributed by atoms with E-state index in [9.17, 15) is 0 Å². The van der Waals surface area contributed by atoms with Gasteiger partial charge in [0, 0.05) is 12.0 Å². The molecule has 3 heteroatoms. The van der Waals surface area contributed by atoms with E-state index in [1.165, 1.54) is 30.2 Å². The van der Waals surface area contributed by atoms with Crippen LogP contribution in [0.3, 0.4) is 0 Å². The van der Waals surface area contributed by atoms with Crippen LogP contribution >= 0.6 is 0 Å². The van der Waals surface area contributed by atoms with Crippen LogP contribution < -0.4 is 5.32 Å². The van der Waals surface area contributed by atoms with Gasteiger partial charge in [-0.15, -0.1) is 0 Å². The van der Waals surface area contributed by atoms with Crippen LogP contribution in [0, 0.1) is 6.92 Å². The van der Waals surface area contributed by atoms with Crippen LogP contribution in [0.5, 0.6) is 0 Å². The predicted molar refractivity (Wildman–Crippen MR) is 85.6 cm³/mol. The number of benzene rings is 1. The second kappa shape index (κ2) is 6.63. The molecule has 0 radical (unpaired) electrons. The first-order chi connectivity index (χ1) is 10.3. The SMILES string of the molecule is CNC(CCCC1CCCO1)c1cc2cc(C)ccc2o1. The fraction of sp³-hybridized carbons (Fsp3) is 0.556. The van der Waals surface area contributed by atoms with Gasteiger partial charge in [-0.05, 0) is 64.3 Å². The van der Waals surface area contributed by atoms with E-state index in [1.54, 1.807) is 0 Å². The first kappa shape index (κ1) is 14.6. The summed E-state index contributed by atoms with van der Waals surface area (Å²) in [6.45, 7) is 3.06. The lowest BCUT2D eigenvalue weighted by Crippen LogP contribution is -2.16. The Hall–Kier alpha value is -1.32. The highest BCUT2D eigenvalue weighted by Gasteiger charge is 2.18. The number of furan rings is 1. The van der Waals surface area contributed by atoms with Crippen LogP contribution in [-0.2, 0) is 4.74 Å². The average Bonchev–Trinajstić information content (AvgIpc) is 3.12. The average molecular weight is 287 g/mol. The maximum atomic E-state index is 6.00. The van der Waals surface area contributed by atoms with Crippen LogP contribution in [0.25, 0.3) is 11.0 Å². The molecule has 0 saturated carbocycles. The molecule has 2 aromatic rings. The van der Waals surface area contributed by atoms with Crippen molar-refractivity contribution < 1.29 is 9.15 Å². The molecule has 0 amide bonds. The molecule has 1 aromatic carbocycles. The van der Waals surface area contributed by atoms with Gasteiger partial charge >= 0.3 is 0 Å². The van der Waals surface area contributed by atoms with Crippen molar-refractivity contribution in [1.29, 1.82) is 0 Å². The largest absolute Gasteiger partial charge is 0.459 e. The van der Waals surface area contributed by atoms with Crippen molar-refractivity contribution >= 4 is 11.0 Å². The van der Waals surface area contributed by atoms with E-state index in [4.69, 9.17) is 9.15 Å². The van der Waals surface area contributed by atoms with Gasteiger partial charge in [-0.25, -0.2) is 0 Å². The number of ether oxygens (including phenoxy) is 1. The highest BCUT2D eigenvalue weighted by Crippen LogP contribution is 2.28. The third kappa shape index (κ3) is 3.47. The van der Waals surface area contributed by atoms with Crippen molar-refractivity contribution in [2.75, 3.05) is 13.7 Å². The summed E-state index contributed by atoms with van der Waals surface area (Å²) in [6.07, 6.45) is 6.37. The molecule has 1 aromatic heterocycles. The zero-order valence-corrected chi connectivity index (χ0v) is 13.0. The molecule has 1 aliphatic heterocycles. The van der Waals surface area contributed by atoms with Crippen molar-refractivity contribution in [3.63, 3.8) is 0 Å². The molecule has 2 atom stereocenters. The summed E-state index contributed by atoms with van der Waals surface area (Å²) in [7, 11) is 2.01. The van der Waals surface area contributed by atoms with E-state index < -0.39 is 0 Å². The smallest absolute Gasteiger partial charge is 0.134 e. The van der Waals surface area contributed by atoms with Crippen molar-refractivity contribution in [2.45, 2.75) is 51.2 Å². The van der Waals surface area contributed by atoms with E-state index in [0.717, 1.165) is 30.8 Å². The van der Waals surface area contributed by atoms with Gasteiger partial charge in [-0.3, -0.25) is 0 Å². The number of aryl methyl sites for hydroxylation is 1. The normalized spacial score (nSPS) is 20.2. The van der Waals surface area contributed by atoms with E-state index in [0.29, 0.717) is 12.1 Å². The van der Waals surface area contributed by atoms with Gasteiger partial charge in [0.2, 0.25) is 0 Å². The highest BCUT2D eigenvalue weighted by molar-refractivity contribution is 5.78. The van der Waals surface area contributed by atoms with Gasteiger partial charge in [0.25, 0.3) is 0 Å². The lowest BCUT2D eigenvalue weighted by Gasteiger charge is -2.15. The number of fused-ring (bicyclic) bond motifs is 1. The second-order valence-corrected chi connectivity index (χ2v) is 6.10. The molecule has 1 aliphatic rings. The molecule has 21 heavy (non-hydrogen) atoms. The molecule has 2 heterocycles. The zero-order chi connectivity index (χ0) is 14.7. The Bertz CT molecular complexity index is 584. The van der Waals surface area contributed by atoms with Crippen molar-refractivity contribution in [1.82, 2.24) is 5.32 Å². The van der Waals surface area contributed by atoms with Gasteiger partial charge in [0.05, 0.1) is 12.1 Å². The molecule has 3 rings (SSSR count). The topological polar surface area (TPSA) is 34.4 Å². The Labute approximate surface area is 126 Å². The Morgan fingerprint density at radius 3 is 3.00 bits per heavy atom. The summed E-state index contributed by atoms with van der Waals surface area (Å²) < 4.78 is 11.7. The minimum Gasteiger partial charge on any atom is -0.459 e. The number of hydrogen-bond donors (Lipinski definition) is 1. The standard InChI is InChI=1S/C18H25NO2/c1-13-8-9-17-14(11-13)12-18(21-17)16(19-2)7-3-5-15-6-4-10-20-15/h8-9,11-12,15-16,19H,3-7,10H2,1-2H3. The molecule has 0 aliphatic carbocycles. The predicted octanol–water partition coefficient (Wildman–Crippen LogP) is 4.35. The fourth-order valence-corrected chi connectivity index (χ4v) is 3.21. The Balaban J connectivity index is 1.63. The highest BCUT2D eigenvalue weighted by atomic mass is 16.5. The Kier molecular flexibility index (Phi) is 4.61. The summed E-state index contributed by atoms with van der Waals surface area (Å²) in [6, 6.07) is 8.81. The van der Waals surface area contributed by atoms with Crippen molar-refractivity contribution in [3.8, 4) is 0 Å². The van der Waals surface area contributed by atoms with Crippen molar-refractivity contribution in [2.24, 2.45) is 0 Å². The first-order valence-corrected chi connectivity index (χ1v) is 8.05.